The first-order valence-corrected chi connectivity index (χ1v) is 5.01. The average Bonchev–Trinajstić information content (AvgIpc) is 2.00. The Morgan fingerprint density at radius 1 is 1.15 bits per heavy atom. The minimum atomic E-state index is -0.237. The summed E-state index contributed by atoms with van der Waals surface area (Å²) in [6, 6.07) is 0. The highest BCUT2D eigenvalue weighted by Crippen LogP contribution is 2.22. The van der Waals surface area contributed by atoms with Crippen LogP contribution in [0, 0.1) is 5.41 Å². The fraction of sp³-hybridized carbons (Fsp3) is 0.750. The molecule has 0 heterocycles. The first-order chi connectivity index (χ1) is 5.80. The minimum absolute atomic E-state index is 0.237. The Bertz CT molecular complexity index is 216. The van der Waals surface area contributed by atoms with Gasteiger partial charge in [0.2, 0.25) is 0 Å². The third-order valence-corrected chi connectivity index (χ3v) is 2.29. The van der Waals surface area contributed by atoms with E-state index in [1.165, 1.54) is 5.57 Å². The normalized spacial score (nSPS) is 14.0. The maximum atomic E-state index is 11.8. The molecule has 0 radical (unpaired) electrons. The summed E-state index contributed by atoms with van der Waals surface area (Å²) in [5.41, 5.74) is 1.95. The van der Waals surface area contributed by atoms with Crippen molar-refractivity contribution in [3.05, 3.63) is 11.1 Å². The van der Waals surface area contributed by atoms with Crippen molar-refractivity contribution in [1.82, 2.24) is 0 Å². The van der Waals surface area contributed by atoms with Crippen LogP contribution in [0.25, 0.3) is 0 Å². The highest BCUT2D eigenvalue weighted by atomic mass is 16.1. The molecule has 0 spiro atoms. The maximum absolute atomic E-state index is 11.8. The SMILES string of the molecule is CCCC(C)=C(C)C(=O)C(C)(C)C. The van der Waals surface area contributed by atoms with Crippen LogP contribution in [0.1, 0.15) is 54.4 Å². The van der Waals surface area contributed by atoms with Crippen molar-refractivity contribution in [3.8, 4) is 0 Å². The second kappa shape index (κ2) is 4.59. The molecule has 0 aliphatic carbocycles. The highest BCUT2D eigenvalue weighted by molar-refractivity contribution is 5.99. The van der Waals surface area contributed by atoms with Gasteiger partial charge in [0, 0.05) is 5.41 Å². The Morgan fingerprint density at radius 3 is 1.92 bits per heavy atom. The summed E-state index contributed by atoms with van der Waals surface area (Å²) in [6.07, 6.45) is 2.15. The van der Waals surface area contributed by atoms with Crippen molar-refractivity contribution in [2.24, 2.45) is 5.41 Å². The number of allylic oxidation sites excluding steroid dienone is 2. The molecule has 0 amide bonds. The quantitative estimate of drug-likeness (QED) is 0.608. The standard InChI is InChI=1S/C12H22O/c1-7-8-9(2)10(3)11(13)12(4,5)6/h7-8H2,1-6H3. The molecule has 0 saturated carbocycles. The lowest BCUT2D eigenvalue weighted by atomic mass is 9.85. The van der Waals surface area contributed by atoms with Crippen LogP contribution < -0.4 is 0 Å². The molecule has 0 aliphatic heterocycles. The fourth-order valence-corrected chi connectivity index (χ4v) is 1.32. The molecule has 0 unspecified atom stereocenters. The van der Waals surface area contributed by atoms with Gasteiger partial charge in [-0.1, -0.05) is 39.7 Å². The molecule has 13 heavy (non-hydrogen) atoms. The first kappa shape index (κ1) is 12.4. The number of carbonyl (C=O) groups is 1. The van der Waals surface area contributed by atoms with Crippen molar-refractivity contribution >= 4 is 5.78 Å². The molecule has 0 bridgehead atoms. The van der Waals surface area contributed by atoms with Gasteiger partial charge in [-0.25, -0.2) is 0 Å². The van der Waals surface area contributed by atoms with E-state index >= 15 is 0 Å². The maximum Gasteiger partial charge on any atom is 0.163 e. The van der Waals surface area contributed by atoms with Crippen LogP contribution in [0.2, 0.25) is 0 Å². The molecule has 1 nitrogen and oxygen atoms in total. The van der Waals surface area contributed by atoms with E-state index in [9.17, 15) is 4.79 Å². The van der Waals surface area contributed by atoms with E-state index in [1.807, 2.05) is 27.7 Å². The fourth-order valence-electron chi connectivity index (χ4n) is 1.32. The van der Waals surface area contributed by atoms with Crippen LogP contribution in [0.15, 0.2) is 11.1 Å². The third-order valence-electron chi connectivity index (χ3n) is 2.29. The van der Waals surface area contributed by atoms with E-state index in [-0.39, 0.29) is 11.2 Å². The Morgan fingerprint density at radius 2 is 1.62 bits per heavy atom. The van der Waals surface area contributed by atoms with E-state index in [0.29, 0.717) is 0 Å². The molecule has 0 aromatic carbocycles. The van der Waals surface area contributed by atoms with E-state index in [0.717, 1.165) is 18.4 Å². The van der Waals surface area contributed by atoms with Crippen molar-refractivity contribution < 1.29 is 4.79 Å². The number of Topliss-reactive ketones (excluding diaryl/α,β-unsaturated/α-hetero) is 1. The summed E-state index contributed by atoms with van der Waals surface area (Å²) in [4.78, 5) is 11.8. The monoisotopic (exact) mass is 182 g/mol. The van der Waals surface area contributed by atoms with Gasteiger partial charge in [-0.3, -0.25) is 4.79 Å². The number of rotatable bonds is 3. The van der Waals surface area contributed by atoms with Crippen molar-refractivity contribution in [2.75, 3.05) is 0 Å². The zero-order chi connectivity index (χ0) is 10.6. The lowest BCUT2D eigenvalue weighted by Gasteiger charge is -2.18. The van der Waals surface area contributed by atoms with Crippen LogP contribution in [0.4, 0.5) is 0 Å². The number of hydrogen-bond acceptors (Lipinski definition) is 1. The Balaban J connectivity index is 4.68. The predicted molar refractivity (Wildman–Crippen MR) is 57.7 cm³/mol. The summed E-state index contributed by atoms with van der Waals surface area (Å²) in [5, 5.41) is 0. The van der Waals surface area contributed by atoms with Gasteiger partial charge in [0.05, 0.1) is 0 Å². The Kier molecular flexibility index (Phi) is 4.38. The van der Waals surface area contributed by atoms with E-state index in [4.69, 9.17) is 0 Å². The van der Waals surface area contributed by atoms with Gasteiger partial charge >= 0.3 is 0 Å². The van der Waals surface area contributed by atoms with Gasteiger partial charge in [-0.05, 0) is 25.8 Å². The van der Waals surface area contributed by atoms with Crippen LogP contribution in [0.5, 0.6) is 0 Å². The molecule has 76 valence electrons. The van der Waals surface area contributed by atoms with Crippen molar-refractivity contribution in [3.63, 3.8) is 0 Å². The second-order valence-electron chi connectivity index (χ2n) is 4.73. The van der Waals surface area contributed by atoms with E-state index < -0.39 is 0 Å². The van der Waals surface area contributed by atoms with Crippen LogP contribution in [-0.2, 0) is 4.79 Å². The molecule has 0 atom stereocenters. The largest absolute Gasteiger partial charge is 0.294 e. The number of carbonyl (C=O) groups excluding carboxylic acids is 1. The van der Waals surface area contributed by atoms with Crippen LogP contribution in [-0.4, -0.2) is 5.78 Å². The molecular weight excluding hydrogens is 160 g/mol. The van der Waals surface area contributed by atoms with Gasteiger partial charge in [0.1, 0.15) is 0 Å². The average molecular weight is 182 g/mol. The number of hydrogen-bond donors (Lipinski definition) is 0. The first-order valence-electron chi connectivity index (χ1n) is 5.01. The van der Waals surface area contributed by atoms with Crippen LogP contribution >= 0.6 is 0 Å². The molecule has 1 heteroatoms. The predicted octanol–water partition coefficient (Wildman–Crippen LogP) is 3.74. The summed E-state index contributed by atoms with van der Waals surface area (Å²) < 4.78 is 0. The third kappa shape index (κ3) is 3.75. The molecular formula is C12H22O. The molecule has 0 fully saturated rings. The summed E-state index contributed by atoms with van der Waals surface area (Å²) >= 11 is 0. The molecule has 0 saturated heterocycles. The van der Waals surface area contributed by atoms with Crippen LogP contribution in [0.3, 0.4) is 0 Å². The van der Waals surface area contributed by atoms with Gasteiger partial charge in [-0.2, -0.15) is 0 Å². The molecule has 0 N–H and O–H groups in total. The molecule has 0 aromatic heterocycles. The van der Waals surface area contributed by atoms with Gasteiger partial charge < -0.3 is 0 Å². The lowest BCUT2D eigenvalue weighted by molar-refractivity contribution is -0.122. The smallest absolute Gasteiger partial charge is 0.163 e. The summed E-state index contributed by atoms with van der Waals surface area (Å²) in [6.45, 7) is 12.0. The van der Waals surface area contributed by atoms with Gasteiger partial charge in [-0.15, -0.1) is 0 Å². The summed E-state index contributed by atoms with van der Waals surface area (Å²) in [7, 11) is 0. The Hall–Kier alpha value is -0.590. The zero-order valence-electron chi connectivity index (χ0n) is 9.82. The van der Waals surface area contributed by atoms with E-state index in [2.05, 4.69) is 13.8 Å². The topological polar surface area (TPSA) is 17.1 Å². The van der Waals surface area contributed by atoms with Gasteiger partial charge in [0.25, 0.3) is 0 Å². The highest BCUT2D eigenvalue weighted by Gasteiger charge is 2.23. The van der Waals surface area contributed by atoms with Crippen molar-refractivity contribution in [1.29, 1.82) is 0 Å². The molecule has 0 aliphatic rings. The van der Waals surface area contributed by atoms with E-state index in [1.54, 1.807) is 0 Å². The molecule has 0 aromatic rings. The summed E-state index contributed by atoms with van der Waals surface area (Å²) in [5.74, 6) is 0.276. The van der Waals surface area contributed by atoms with Crippen molar-refractivity contribution in [2.45, 2.75) is 54.4 Å². The Labute approximate surface area is 82.2 Å². The lowest BCUT2D eigenvalue weighted by Crippen LogP contribution is -2.21. The number of ketones is 1. The zero-order valence-corrected chi connectivity index (χ0v) is 9.82. The second-order valence-corrected chi connectivity index (χ2v) is 4.73. The molecule has 0 rings (SSSR count). The van der Waals surface area contributed by atoms with Gasteiger partial charge in [0.15, 0.2) is 5.78 Å². The minimum Gasteiger partial charge on any atom is -0.294 e.